The highest BCUT2D eigenvalue weighted by Gasteiger charge is 2.13. The van der Waals surface area contributed by atoms with Crippen molar-refractivity contribution >= 4 is 16.5 Å². The average molecular weight is 306 g/mol. The first-order chi connectivity index (χ1) is 11.4. The van der Waals surface area contributed by atoms with Gasteiger partial charge in [-0.25, -0.2) is 5.01 Å². The van der Waals surface area contributed by atoms with Gasteiger partial charge in [-0.05, 0) is 30.4 Å². The second-order valence-electron chi connectivity index (χ2n) is 5.73. The normalized spacial score (nSPS) is 18.3. The van der Waals surface area contributed by atoms with E-state index in [1.807, 2.05) is 24.7 Å². The molecule has 4 rings (SSSR count). The van der Waals surface area contributed by atoms with Gasteiger partial charge >= 0.3 is 0 Å². The predicted octanol–water partition coefficient (Wildman–Crippen LogP) is 2.25. The van der Waals surface area contributed by atoms with Crippen LogP contribution in [0.15, 0.2) is 42.9 Å². The number of ether oxygens (including phenoxy) is 1. The van der Waals surface area contributed by atoms with Gasteiger partial charge in [0.2, 0.25) is 0 Å². The Bertz CT molecular complexity index is 799. The van der Waals surface area contributed by atoms with Crippen molar-refractivity contribution in [3.8, 4) is 12.0 Å². The first-order valence-corrected chi connectivity index (χ1v) is 7.84. The first-order valence-electron chi connectivity index (χ1n) is 7.84. The van der Waals surface area contributed by atoms with Crippen molar-refractivity contribution in [2.24, 2.45) is 5.92 Å². The largest absolute Gasteiger partial charge is 0.381 e. The second-order valence-corrected chi connectivity index (χ2v) is 5.73. The summed E-state index contributed by atoms with van der Waals surface area (Å²) in [6, 6.07) is 11.5. The average Bonchev–Trinajstić information content (AvgIpc) is 3.09. The van der Waals surface area contributed by atoms with E-state index in [1.165, 1.54) is 5.39 Å². The van der Waals surface area contributed by atoms with Crippen LogP contribution in [-0.4, -0.2) is 23.2 Å². The molecule has 3 heterocycles. The number of nitrogens with zero attached hydrogens (tertiary/aromatic N) is 2. The van der Waals surface area contributed by atoms with Gasteiger partial charge in [0.05, 0.1) is 11.9 Å². The molecule has 1 saturated heterocycles. The molecule has 116 valence electrons. The standard InChI is InChI=1S/C18H18N4O/c1-2-17-12-19-7-3-15(17)11-16(1)18-13-22(21-20-18)8-4-14-5-9-23-10-6-14/h1-3,7,11-14,20-21H,5-6,9-10H2. The van der Waals surface area contributed by atoms with Gasteiger partial charge in [-0.1, -0.05) is 18.1 Å². The molecule has 2 aliphatic rings. The maximum Gasteiger partial charge on any atom is 0.0764 e. The zero-order valence-corrected chi connectivity index (χ0v) is 12.7. The highest BCUT2D eigenvalue weighted by molar-refractivity contribution is 5.85. The fourth-order valence-corrected chi connectivity index (χ4v) is 2.77. The fraction of sp³-hybridized carbons (Fsp3) is 0.278. The minimum Gasteiger partial charge on any atom is -0.381 e. The molecule has 5 heteroatoms. The van der Waals surface area contributed by atoms with Crippen molar-refractivity contribution in [3.63, 3.8) is 0 Å². The molecular formula is C18H18N4O. The quantitative estimate of drug-likeness (QED) is 0.791. The Kier molecular flexibility index (Phi) is 3.85. The van der Waals surface area contributed by atoms with Crippen LogP contribution in [0.1, 0.15) is 18.4 Å². The Balaban J connectivity index is 1.51. The molecule has 0 atom stereocenters. The molecule has 0 bridgehead atoms. The summed E-state index contributed by atoms with van der Waals surface area (Å²) in [7, 11) is 0. The van der Waals surface area contributed by atoms with Crippen LogP contribution in [-0.2, 0) is 4.74 Å². The van der Waals surface area contributed by atoms with Crippen molar-refractivity contribution in [2.45, 2.75) is 12.8 Å². The number of rotatable bonds is 1. The van der Waals surface area contributed by atoms with Gasteiger partial charge < -0.3 is 10.2 Å². The summed E-state index contributed by atoms with van der Waals surface area (Å²) in [6.07, 6.45) is 7.70. The number of hydrogen-bond acceptors (Lipinski definition) is 5. The molecule has 0 saturated carbocycles. The van der Waals surface area contributed by atoms with E-state index in [4.69, 9.17) is 4.74 Å². The summed E-state index contributed by atoms with van der Waals surface area (Å²) in [5, 5.41) is 4.09. The lowest BCUT2D eigenvalue weighted by Crippen LogP contribution is -2.33. The van der Waals surface area contributed by atoms with Crippen molar-refractivity contribution in [2.75, 3.05) is 13.2 Å². The van der Waals surface area contributed by atoms with E-state index in [1.54, 1.807) is 5.01 Å². The molecule has 0 unspecified atom stereocenters. The molecule has 0 aliphatic carbocycles. The summed E-state index contributed by atoms with van der Waals surface area (Å²) in [5.41, 5.74) is 8.36. The lowest BCUT2D eigenvalue weighted by molar-refractivity contribution is 0.0806. The number of benzene rings is 1. The molecular weight excluding hydrogens is 288 g/mol. The third-order valence-electron chi connectivity index (χ3n) is 4.13. The molecule has 0 amide bonds. The van der Waals surface area contributed by atoms with Gasteiger partial charge in [-0.2, -0.15) is 0 Å². The summed E-state index contributed by atoms with van der Waals surface area (Å²) < 4.78 is 5.36. The monoisotopic (exact) mass is 306 g/mol. The van der Waals surface area contributed by atoms with Crippen LogP contribution in [0.5, 0.6) is 0 Å². The van der Waals surface area contributed by atoms with Crippen molar-refractivity contribution in [3.05, 3.63) is 48.4 Å². The van der Waals surface area contributed by atoms with E-state index in [2.05, 4.69) is 46.1 Å². The Morgan fingerprint density at radius 3 is 3.00 bits per heavy atom. The molecule has 2 aliphatic heterocycles. The molecule has 2 N–H and O–H groups in total. The van der Waals surface area contributed by atoms with Crippen LogP contribution in [0.4, 0.5) is 0 Å². The van der Waals surface area contributed by atoms with Crippen LogP contribution >= 0.6 is 0 Å². The molecule has 5 nitrogen and oxygen atoms in total. The van der Waals surface area contributed by atoms with E-state index < -0.39 is 0 Å². The zero-order chi connectivity index (χ0) is 15.5. The van der Waals surface area contributed by atoms with Gasteiger partial charge in [-0.3, -0.25) is 4.98 Å². The topological polar surface area (TPSA) is 49.4 Å². The zero-order valence-electron chi connectivity index (χ0n) is 12.7. The van der Waals surface area contributed by atoms with Crippen LogP contribution < -0.4 is 11.0 Å². The van der Waals surface area contributed by atoms with E-state index in [-0.39, 0.29) is 0 Å². The fourth-order valence-electron chi connectivity index (χ4n) is 2.77. The maximum absolute atomic E-state index is 5.36. The molecule has 1 aromatic heterocycles. The summed E-state index contributed by atoms with van der Waals surface area (Å²) in [4.78, 5) is 4.14. The van der Waals surface area contributed by atoms with E-state index in [0.29, 0.717) is 5.92 Å². The minimum absolute atomic E-state index is 0.427. The Hall–Kier alpha value is -2.55. The second kappa shape index (κ2) is 6.29. The third kappa shape index (κ3) is 3.14. The highest BCUT2D eigenvalue weighted by atomic mass is 16.5. The molecule has 1 aromatic carbocycles. The van der Waals surface area contributed by atoms with Crippen molar-refractivity contribution in [1.29, 1.82) is 0 Å². The highest BCUT2D eigenvalue weighted by Crippen LogP contribution is 2.20. The number of aromatic nitrogens is 1. The first kappa shape index (κ1) is 14.1. The van der Waals surface area contributed by atoms with E-state index >= 15 is 0 Å². The number of nitrogens with one attached hydrogen (secondary N) is 2. The van der Waals surface area contributed by atoms with Gasteiger partial charge in [0.1, 0.15) is 0 Å². The number of pyridine rings is 1. The van der Waals surface area contributed by atoms with E-state index in [9.17, 15) is 0 Å². The molecule has 0 radical (unpaired) electrons. The molecule has 1 fully saturated rings. The minimum atomic E-state index is 0.427. The maximum atomic E-state index is 5.36. The Morgan fingerprint density at radius 2 is 2.09 bits per heavy atom. The molecule has 2 aromatic rings. The van der Waals surface area contributed by atoms with Crippen LogP contribution in [0, 0.1) is 17.9 Å². The third-order valence-corrected chi connectivity index (χ3v) is 4.13. The lowest BCUT2D eigenvalue weighted by atomic mass is 10.0. The number of hydrogen-bond donors (Lipinski definition) is 2. The molecule has 23 heavy (non-hydrogen) atoms. The Morgan fingerprint density at radius 1 is 1.17 bits per heavy atom. The Labute approximate surface area is 135 Å². The van der Waals surface area contributed by atoms with Gasteiger partial charge in [-0.15, -0.1) is 5.53 Å². The van der Waals surface area contributed by atoms with Gasteiger partial charge in [0.25, 0.3) is 0 Å². The summed E-state index contributed by atoms with van der Waals surface area (Å²) in [6.45, 7) is 1.64. The van der Waals surface area contributed by atoms with Crippen LogP contribution in [0.3, 0.4) is 0 Å². The SMILES string of the molecule is C(#CN1C=C(c2ccc3cnccc3c2)NN1)C1CCOCC1. The summed E-state index contributed by atoms with van der Waals surface area (Å²) >= 11 is 0. The van der Waals surface area contributed by atoms with Crippen molar-refractivity contribution in [1.82, 2.24) is 21.0 Å². The van der Waals surface area contributed by atoms with E-state index in [0.717, 1.165) is 42.7 Å². The van der Waals surface area contributed by atoms with Crippen molar-refractivity contribution < 1.29 is 4.74 Å². The van der Waals surface area contributed by atoms with Crippen LogP contribution in [0.2, 0.25) is 0 Å². The molecule has 0 spiro atoms. The van der Waals surface area contributed by atoms with Gasteiger partial charge in [0.15, 0.2) is 0 Å². The lowest BCUT2D eigenvalue weighted by Gasteiger charge is -2.16. The predicted molar refractivity (Wildman–Crippen MR) is 89.1 cm³/mol. The smallest absolute Gasteiger partial charge is 0.0764 e. The summed E-state index contributed by atoms with van der Waals surface area (Å²) in [5.74, 6) is 3.73. The van der Waals surface area contributed by atoms with Crippen LogP contribution in [0.25, 0.3) is 16.5 Å². The van der Waals surface area contributed by atoms with Gasteiger partial charge in [0, 0.05) is 48.5 Å². The number of hydrazine groups is 2. The number of fused-ring (bicyclic) bond motifs is 1.